The highest BCUT2D eigenvalue weighted by atomic mass is 127. The topological polar surface area (TPSA) is 0 Å². The molecule has 0 spiro atoms. The van der Waals surface area contributed by atoms with Crippen molar-refractivity contribution in [2.75, 3.05) is 0 Å². The molecule has 0 radical (unpaired) electrons. The molecule has 0 saturated heterocycles. The van der Waals surface area contributed by atoms with Gasteiger partial charge in [-0.05, 0) is 80.5 Å². The van der Waals surface area contributed by atoms with E-state index in [0.29, 0.717) is 0 Å². The van der Waals surface area contributed by atoms with Gasteiger partial charge in [-0.3, -0.25) is 0 Å². The standard InChI is InChI=1S/C22H21I/c1-16-7-5-4-6-14-22(2,3)21-15-18(10-13-20(16)21)17-8-11-19(23)12-9-17/h4-13,15H,1,14H2,2-3H3/b6-4-,7-5-. The van der Waals surface area contributed by atoms with Gasteiger partial charge in [-0.1, -0.05) is 69.0 Å². The maximum Gasteiger partial charge on any atom is 0.0130 e. The minimum atomic E-state index is 0.0833. The Bertz CT molecular complexity index is 789. The van der Waals surface area contributed by atoms with Gasteiger partial charge in [0, 0.05) is 3.57 Å². The van der Waals surface area contributed by atoms with Gasteiger partial charge in [-0.25, -0.2) is 0 Å². The van der Waals surface area contributed by atoms with Crippen molar-refractivity contribution in [3.63, 3.8) is 0 Å². The molecule has 1 aliphatic rings. The first-order chi connectivity index (χ1) is 11.0. The predicted octanol–water partition coefficient (Wildman–Crippen LogP) is 6.77. The van der Waals surface area contributed by atoms with Crippen molar-refractivity contribution >= 4 is 28.2 Å². The Morgan fingerprint density at radius 3 is 2.39 bits per heavy atom. The van der Waals surface area contributed by atoms with Crippen LogP contribution in [0, 0.1) is 3.57 Å². The van der Waals surface area contributed by atoms with E-state index in [9.17, 15) is 0 Å². The van der Waals surface area contributed by atoms with Gasteiger partial charge < -0.3 is 0 Å². The molecule has 0 saturated carbocycles. The van der Waals surface area contributed by atoms with E-state index in [1.807, 2.05) is 0 Å². The van der Waals surface area contributed by atoms with Crippen LogP contribution in [-0.2, 0) is 5.41 Å². The number of benzene rings is 2. The number of allylic oxidation sites excluding steroid dienone is 5. The molecule has 1 aliphatic carbocycles. The Balaban J connectivity index is 2.15. The van der Waals surface area contributed by atoms with Crippen LogP contribution < -0.4 is 0 Å². The van der Waals surface area contributed by atoms with Gasteiger partial charge in [0.25, 0.3) is 0 Å². The highest BCUT2D eigenvalue weighted by Crippen LogP contribution is 2.37. The van der Waals surface area contributed by atoms with Crippen molar-refractivity contribution in [1.29, 1.82) is 0 Å². The lowest BCUT2D eigenvalue weighted by atomic mass is 9.77. The molecule has 2 aromatic rings. The molecule has 3 rings (SSSR count). The number of rotatable bonds is 1. The fourth-order valence-corrected chi connectivity index (χ4v) is 3.38. The number of halogens is 1. The van der Waals surface area contributed by atoms with Gasteiger partial charge in [0.05, 0.1) is 0 Å². The summed E-state index contributed by atoms with van der Waals surface area (Å²) in [4.78, 5) is 0. The lowest BCUT2D eigenvalue weighted by Gasteiger charge is -2.27. The molecular weight excluding hydrogens is 391 g/mol. The monoisotopic (exact) mass is 412 g/mol. The van der Waals surface area contributed by atoms with E-state index in [1.54, 1.807) is 0 Å². The molecular formula is C22H21I. The molecule has 23 heavy (non-hydrogen) atoms. The molecule has 0 amide bonds. The SMILES string of the molecule is C=C1/C=C\C=C/CC(C)(C)c2cc(-c3ccc(I)cc3)ccc21. The van der Waals surface area contributed by atoms with Crippen LogP contribution in [0.1, 0.15) is 31.4 Å². The fraction of sp³-hybridized carbons (Fsp3) is 0.182. The van der Waals surface area contributed by atoms with Gasteiger partial charge in [-0.2, -0.15) is 0 Å². The first-order valence-corrected chi connectivity index (χ1v) is 8.98. The predicted molar refractivity (Wildman–Crippen MR) is 110 cm³/mol. The zero-order valence-electron chi connectivity index (χ0n) is 13.6. The Morgan fingerprint density at radius 1 is 0.957 bits per heavy atom. The Kier molecular flexibility index (Phi) is 4.58. The van der Waals surface area contributed by atoms with Gasteiger partial charge in [0.1, 0.15) is 0 Å². The van der Waals surface area contributed by atoms with Crippen LogP contribution >= 0.6 is 22.6 Å². The van der Waals surface area contributed by atoms with Crippen molar-refractivity contribution in [3.05, 3.63) is 88.0 Å². The summed E-state index contributed by atoms with van der Waals surface area (Å²) in [6.45, 7) is 8.88. The third-order valence-corrected chi connectivity index (χ3v) is 5.16. The van der Waals surface area contributed by atoms with E-state index in [0.717, 1.165) is 12.0 Å². The highest BCUT2D eigenvalue weighted by Gasteiger charge is 2.24. The van der Waals surface area contributed by atoms with Crippen molar-refractivity contribution < 1.29 is 0 Å². The van der Waals surface area contributed by atoms with E-state index >= 15 is 0 Å². The molecule has 116 valence electrons. The molecule has 2 aromatic carbocycles. The molecule has 1 heteroatoms. The summed E-state index contributed by atoms with van der Waals surface area (Å²) in [6, 6.07) is 15.5. The van der Waals surface area contributed by atoms with E-state index in [1.165, 1.54) is 25.8 Å². The van der Waals surface area contributed by atoms with Gasteiger partial charge in [0.15, 0.2) is 0 Å². The van der Waals surface area contributed by atoms with Crippen molar-refractivity contribution in [3.8, 4) is 11.1 Å². The van der Waals surface area contributed by atoms with E-state index in [4.69, 9.17) is 0 Å². The van der Waals surface area contributed by atoms with E-state index in [-0.39, 0.29) is 5.41 Å². The normalized spacial score (nSPS) is 19.2. The van der Waals surface area contributed by atoms with Gasteiger partial charge in [0.2, 0.25) is 0 Å². The maximum atomic E-state index is 4.26. The molecule has 0 nitrogen and oxygen atoms in total. The summed E-state index contributed by atoms with van der Waals surface area (Å²) < 4.78 is 1.26. The summed E-state index contributed by atoms with van der Waals surface area (Å²) in [6.07, 6.45) is 9.57. The number of hydrogen-bond acceptors (Lipinski definition) is 0. The average Bonchev–Trinajstić information content (AvgIpc) is 2.58. The number of hydrogen-bond donors (Lipinski definition) is 0. The number of fused-ring (bicyclic) bond motifs is 1. The second-order valence-corrected chi connectivity index (χ2v) is 7.91. The summed E-state index contributed by atoms with van der Waals surface area (Å²) in [5.41, 5.74) is 6.32. The molecule has 0 heterocycles. The van der Waals surface area contributed by atoms with Crippen LogP contribution in [-0.4, -0.2) is 0 Å². The van der Waals surface area contributed by atoms with Crippen molar-refractivity contribution in [1.82, 2.24) is 0 Å². The molecule has 0 aromatic heterocycles. The molecule has 0 fully saturated rings. The second-order valence-electron chi connectivity index (χ2n) is 6.67. The third-order valence-electron chi connectivity index (χ3n) is 4.44. The summed E-state index contributed by atoms with van der Waals surface area (Å²) in [5, 5.41) is 0. The molecule has 0 N–H and O–H groups in total. The minimum Gasteiger partial charge on any atom is -0.0911 e. The largest absolute Gasteiger partial charge is 0.0911 e. The smallest absolute Gasteiger partial charge is 0.0130 e. The summed E-state index contributed by atoms with van der Waals surface area (Å²) in [5.74, 6) is 0. The lowest BCUT2D eigenvalue weighted by Crippen LogP contribution is -2.18. The van der Waals surface area contributed by atoms with Crippen molar-refractivity contribution in [2.24, 2.45) is 0 Å². The van der Waals surface area contributed by atoms with E-state index < -0.39 is 0 Å². The zero-order chi connectivity index (χ0) is 16.4. The molecule has 0 aliphatic heterocycles. The minimum absolute atomic E-state index is 0.0833. The molecule has 0 unspecified atom stereocenters. The van der Waals surface area contributed by atoms with Crippen LogP contribution in [0.15, 0.2) is 73.3 Å². The highest BCUT2D eigenvalue weighted by molar-refractivity contribution is 14.1. The molecule has 0 atom stereocenters. The average molecular weight is 412 g/mol. The maximum absolute atomic E-state index is 4.26. The van der Waals surface area contributed by atoms with Crippen LogP contribution in [0.4, 0.5) is 0 Å². The molecule has 0 bridgehead atoms. The summed E-state index contributed by atoms with van der Waals surface area (Å²) in [7, 11) is 0. The Labute approximate surface area is 152 Å². The van der Waals surface area contributed by atoms with Gasteiger partial charge >= 0.3 is 0 Å². The lowest BCUT2D eigenvalue weighted by molar-refractivity contribution is 0.533. The quantitative estimate of drug-likeness (QED) is 0.454. The Hall–Kier alpha value is -1.61. The van der Waals surface area contributed by atoms with Crippen LogP contribution in [0.2, 0.25) is 0 Å². The second kappa shape index (κ2) is 6.48. The van der Waals surface area contributed by atoms with Crippen LogP contribution in [0.25, 0.3) is 16.7 Å². The summed E-state index contributed by atoms with van der Waals surface area (Å²) >= 11 is 2.35. The van der Waals surface area contributed by atoms with E-state index in [2.05, 4.69) is 110 Å². The zero-order valence-corrected chi connectivity index (χ0v) is 15.8. The van der Waals surface area contributed by atoms with Crippen LogP contribution in [0.3, 0.4) is 0 Å². The van der Waals surface area contributed by atoms with Crippen molar-refractivity contribution in [2.45, 2.75) is 25.7 Å². The Morgan fingerprint density at radius 2 is 1.65 bits per heavy atom. The first kappa shape index (κ1) is 16.3. The third kappa shape index (κ3) is 3.50. The first-order valence-electron chi connectivity index (χ1n) is 7.90. The fourth-order valence-electron chi connectivity index (χ4n) is 3.02. The van der Waals surface area contributed by atoms with Gasteiger partial charge in [-0.15, -0.1) is 0 Å². The van der Waals surface area contributed by atoms with Crippen LogP contribution in [0.5, 0.6) is 0 Å².